The maximum absolute atomic E-state index is 4.70. The van der Waals surface area contributed by atoms with E-state index in [1.807, 2.05) is 17.5 Å². The van der Waals surface area contributed by atoms with Crippen LogP contribution in [0.2, 0.25) is 0 Å². The van der Waals surface area contributed by atoms with Gasteiger partial charge >= 0.3 is 0 Å². The lowest BCUT2D eigenvalue weighted by Gasteiger charge is -2.17. The van der Waals surface area contributed by atoms with E-state index >= 15 is 0 Å². The second-order valence-corrected chi connectivity index (χ2v) is 7.52. The number of aliphatic imine (C=N–C) groups is 1. The van der Waals surface area contributed by atoms with Crippen molar-refractivity contribution in [3.8, 4) is 0 Å². The van der Waals surface area contributed by atoms with E-state index in [-0.39, 0.29) is 24.0 Å². The summed E-state index contributed by atoms with van der Waals surface area (Å²) in [6.45, 7) is 10.2. The zero-order valence-electron chi connectivity index (χ0n) is 15.6. The van der Waals surface area contributed by atoms with E-state index in [1.54, 1.807) is 0 Å². The average Bonchev–Trinajstić information content (AvgIpc) is 3.12. The van der Waals surface area contributed by atoms with E-state index in [0.717, 1.165) is 44.0 Å². The molecule has 2 rings (SSSR count). The van der Waals surface area contributed by atoms with Crippen LogP contribution in [0.25, 0.3) is 0 Å². The van der Waals surface area contributed by atoms with Gasteiger partial charge in [0.25, 0.3) is 0 Å². The van der Waals surface area contributed by atoms with Gasteiger partial charge in [0.05, 0.1) is 6.20 Å². The van der Waals surface area contributed by atoms with Gasteiger partial charge in [0.2, 0.25) is 0 Å². The maximum Gasteiger partial charge on any atom is 0.191 e. The summed E-state index contributed by atoms with van der Waals surface area (Å²) in [6, 6.07) is 4.76. The molecule has 1 unspecified atom stereocenters. The van der Waals surface area contributed by atoms with Gasteiger partial charge in [-0.1, -0.05) is 0 Å². The molecule has 2 aromatic heterocycles. The molecule has 0 radical (unpaired) electrons. The largest absolute Gasteiger partial charge is 0.357 e. The van der Waals surface area contributed by atoms with Crippen molar-refractivity contribution in [3.05, 3.63) is 39.3 Å². The molecule has 0 saturated carbocycles. The van der Waals surface area contributed by atoms with E-state index in [0.29, 0.717) is 6.04 Å². The van der Waals surface area contributed by atoms with E-state index in [9.17, 15) is 0 Å². The van der Waals surface area contributed by atoms with E-state index in [4.69, 9.17) is 4.99 Å². The van der Waals surface area contributed by atoms with E-state index in [1.165, 1.54) is 15.3 Å². The summed E-state index contributed by atoms with van der Waals surface area (Å²) in [4.78, 5) is 7.48. The van der Waals surface area contributed by atoms with Crippen LogP contribution in [-0.2, 0) is 12.8 Å². The molecule has 0 saturated heterocycles. The fraction of sp³-hybridized carbons (Fsp3) is 0.556. The minimum absolute atomic E-state index is 0. The van der Waals surface area contributed by atoms with Crippen molar-refractivity contribution in [2.24, 2.45) is 4.99 Å². The third-order valence-electron chi connectivity index (χ3n) is 3.84. The molecule has 0 aliphatic heterocycles. The number of guanidine groups is 1. The molecule has 0 fully saturated rings. The Morgan fingerprint density at radius 1 is 1.36 bits per heavy atom. The second kappa shape index (κ2) is 11.5. The van der Waals surface area contributed by atoms with Gasteiger partial charge in [-0.05, 0) is 58.2 Å². The number of thiophene rings is 1. The van der Waals surface area contributed by atoms with E-state index in [2.05, 4.69) is 60.7 Å². The summed E-state index contributed by atoms with van der Waals surface area (Å²) < 4.78 is 0. The van der Waals surface area contributed by atoms with Gasteiger partial charge in [0, 0.05) is 41.0 Å². The van der Waals surface area contributed by atoms with Crippen LogP contribution in [0.3, 0.4) is 0 Å². The smallest absolute Gasteiger partial charge is 0.191 e. The third kappa shape index (κ3) is 7.77. The summed E-state index contributed by atoms with van der Waals surface area (Å²) >= 11 is 1.87. The van der Waals surface area contributed by atoms with Gasteiger partial charge in [0.15, 0.2) is 5.96 Å². The molecule has 140 valence electrons. The molecule has 2 heterocycles. The molecule has 1 atom stereocenters. The Kier molecular flexibility index (Phi) is 10.1. The molecular formula is C18H30IN5S. The fourth-order valence-corrected chi connectivity index (χ4v) is 3.61. The normalized spacial score (nSPS) is 12.6. The molecule has 0 amide bonds. The highest BCUT2D eigenvalue weighted by Crippen LogP contribution is 2.16. The quantitative estimate of drug-likeness (QED) is 0.235. The first kappa shape index (κ1) is 22.0. The van der Waals surface area contributed by atoms with E-state index < -0.39 is 0 Å². The third-order valence-corrected chi connectivity index (χ3v) is 4.86. The predicted molar refractivity (Wildman–Crippen MR) is 118 cm³/mol. The molecule has 0 aliphatic rings. The number of aromatic amines is 1. The molecule has 0 bridgehead atoms. The number of halogens is 1. The number of rotatable bonds is 8. The lowest BCUT2D eigenvalue weighted by atomic mass is 10.1. The van der Waals surface area contributed by atoms with Crippen molar-refractivity contribution in [2.75, 3.05) is 13.1 Å². The van der Waals surface area contributed by atoms with Crippen LogP contribution < -0.4 is 10.6 Å². The number of nitrogens with one attached hydrogen (secondary N) is 3. The molecule has 0 spiro atoms. The van der Waals surface area contributed by atoms with Crippen molar-refractivity contribution in [1.82, 2.24) is 20.8 Å². The first-order valence-electron chi connectivity index (χ1n) is 8.67. The molecule has 2 aromatic rings. The van der Waals surface area contributed by atoms with Crippen LogP contribution in [0.4, 0.5) is 0 Å². The van der Waals surface area contributed by atoms with Gasteiger partial charge in [-0.2, -0.15) is 5.10 Å². The molecule has 25 heavy (non-hydrogen) atoms. The highest BCUT2D eigenvalue weighted by molar-refractivity contribution is 14.0. The number of hydrogen-bond acceptors (Lipinski definition) is 3. The number of nitrogens with zero attached hydrogens (tertiary/aromatic N) is 2. The maximum atomic E-state index is 4.70. The lowest BCUT2D eigenvalue weighted by Crippen LogP contribution is -2.43. The van der Waals surface area contributed by atoms with Crippen LogP contribution in [0, 0.1) is 13.8 Å². The lowest BCUT2D eigenvalue weighted by molar-refractivity contribution is 0.644. The number of hydrogen-bond donors (Lipinski definition) is 3. The first-order chi connectivity index (χ1) is 11.6. The Hall–Kier alpha value is -1.09. The zero-order valence-corrected chi connectivity index (χ0v) is 18.7. The SMILES string of the molecule is CCNC(=NCCCc1cn[nH]c1C)NC(C)Cc1ccc(C)s1.I. The van der Waals surface area contributed by atoms with Gasteiger partial charge < -0.3 is 10.6 Å². The Bertz CT molecular complexity index is 649. The molecule has 0 aliphatic carbocycles. The predicted octanol–water partition coefficient (Wildman–Crippen LogP) is 3.82. The van der Waals surface area contributed by atoms with Crippen LogP contribution >= 0.6 is 35.3 Å². The summed E-state index contributed by atoms with van der Waals surface area (Å²) in [6.07, 6.45) is 4.97. The summed E-state index contributed by atoms with van der Waals surface area (Å²) in [5, 5.41) is 13.9. The van der Waals surface area contributed by atoms with Crippen LogP contribution in [0.1, 0.15) is 41.3 Å². The topological polar surface area (TPSA) is 65.1 Å². The molecule has 5 nitrogen and oxygen atoms in total. The molecule has 0 aromatic carbocycles. The van der Waals surface area contributed by atoms with Crippen LogP contribution in [0.5, 0.6) is 0 Å². The Morgan fingerprint density at radius 3 is 2.76 bits per heavy atom. The van der Waals surface area contributed by atoms with Gasteiger partial charge in [-0.25, -0.2) is 0 Å². The van der Waals surface area contributed by atoms with Gasteiger partial charge in [0.1, 0.15) is 0 Å². The van der Waals surface area contributed by atoms with Crippen molar-refractivity contribution < 1.29 is 0 Å². The summed E-state index contributed by atoms with van der Waals surface area (Å²) in [5.41, 5.74) is 2.44. The fourth-order valence-electron chi connectivity index (χ4n) is 2.59. The Morgan fingerprint density at radius 2 is 2.16 bits per heavy atom. The van der Waals surface area contributed by atoms with Gasteiger partial charge in [-0.3, -0.25) is 10.1 Å². The first-order valence-corrected chi connectivity index (χ1v) is 9.49. The summed E-state index contributed by atoms with van der Waals surface area (Å²) in [5.74, 6) is 0.905. The monoisotopic (exact) mass is 475 g/mol. The van der Waals surface area contributed by atoms with Crippen molar-refractivity contribution in [1.29, 1.82) is 0 Å². The standard InChI is InChI=1S/C18H29N5S.HI/c1-5-19-18(20-10-6-7-16-12-21-23-15(16)4)22-13(2)11-17-9-8-14(3)24-17;/h8-9,12-13H,5-7,10-11H2,1-4H3,(H,21,23)(H2,19,20,22);1H. The zero-order chi connectivity index (χ0) is 17.4. The number of aryl methyl sites for hydroxylation is 3. The highest BCUT2D eigenvalue weighted by Gasteiger charge is 2.08. The number of H-pyrrole nitrogens is 1. The number of aromatic nitrogens is 2. The highest BCUT2D eigenvalue weighted by atomic mass is 127. The second-order valence-electron chi connectivity index (χ2n) is 6.15. The van der Waals surface area contributed by atoms with Crippen LogP contribution in [0.15, 0.2) is 23.3 Å². The Balaban J connectivity index is 0.00000312. The minimum atomic E-state index is 0. The Labute approximate surface area is 172 Å². The van der Waals surface area contributed by atoms with Crippen LogP contribution in [-0.4, -0.2) is 35.3 Å². The molecular weight excluding hydrogens is 445 g/mol. The molecule has 3 N–H and O–H groups in total. The van der Waals surface area contributed by atoms with Gasteiger partial charge in [-0.15, -0.1) is 35.3 Å². The van der Waals surface area contributed by atoms with Crippen molar-refractivity contribution >= 4 is 41.3 Å². The average molecular weight is 475 g/mol. The van der Waals surface area contributed by atoms with Crippen molar-refractivity contribution in [2.45, 2.75) is 53.0 Å². The summed E-state index contributed by atoms with van der Waals surface area (Å²) in [7, 11) is 0. The van der Waals surface area contributed by atoms with Crippen molar-refractivity contribution in [3.63, 3.8) is 0 Å². The minimum Gasteiger partial charge on any atom is -0.357 e. The molecule has 7 heteroatoms.